The van der Waals surface area contributed by atoms with E-state index in [-0.39, 0.29) is 5.78 Å². The zero-order valence-electron chi connectivity index (χ0n) is 13.6. The minimum atomic E-state index is -0.665. The van der Waals surface area contributed by atoms with Crippen LogP contribution < -0.4 is 0 Å². The molecular weight excluding hydrogens is 272 g/mol. The molecule has 0 amide bonds. The number of hydrogen-bond donors (Lipinski definition) is 0. The number of nitrogens with zero attached hydrogens (tertiary/aromatic N) is 2. The largest absolute Gasteiger partial charge is 0.309 e. The van der Waals surface area contributed by atoms with Crippen molar-refractivity contribution in [3.05, 3.63) is 66.0 Å². The molecule has 3 heteroatoms. The molecule has 0 saturated carbocycles. The van der Waals surface area contributed by atoms with Gasteiger partial charge >= 0.3 is 0 Å². The predicted octanol–water partition coefficient (Wildman–Crippen LogP) is 3.30. The molecule has 0 saturated heterocycles. The molecule has 116 valence electrons. The monoisotopic (exact) mass is 296 g/mol. The van der Waals surface area contributed by atoms with Crippen molar-refractivity contribution >= 4 is 5.78 Å². The van der Waals surface area contributed by atoms with Crippen molar-refractivity contribution in [1.82, 2.24) is 9.88 Å². The van der Waals surface area contributed by atoms with Gasteiger partial charge in [0.05, 0.1) is 11.1 Å². The number of pyridine rings is 1. The van der Waals surface area contributed by atoms with Crippen LogP contribution in [-0.4, -0.2) is 36.3 Å². The van der Waals surface area contributed by atoms with E-state index in [4.69, 9.17) is 0 Å². The molecule has 0 aliphatic carbocycles. The van der Waals surface area contributed by atoms with Crippen LogP contribution in [0.4, 0.5) is 0 Å². The first-order valence-electron chi connectivity index (χ1n) is 7.76. The van der Waals surface area contributed by atoms with Crippen LogP contribution in [0.1, 0.15) is 31.0 Å². The van der Waals surface area contributed by atoms with Crippen molar-refractivity contribution < 1.29 is 4.79 Å². The standard InChI is InChI=1S/C19H24N2O/c1-4-18(22)19(13-15-21(2)3,16-10-6-5-7-11-16)17-12-8-9-14-20-17/h5-12,14H,4,13,15H2,1-3H3. The average Bonchev–Trinajstić information content (AvgIpc) is 2.57. The molecule has 1 aromatic heterocycles. The van der Waals surface area contributed by atoms with Crippen molar-refractivity contribution in [1.29, 1.82) is 0 Å². The molecule has 1 aromatic carbocycles. The number of hydrogen-bond acceptors (Lipinski definition) is 3. The summed E-state index contributed by atoms with van der Waals surface area (Å²) in [5.41, 5.74) is 1.21. The van der Waals surface area contributed by atoms with Gasteiger partial charge in [-0.05, 0) is 44.8 Å². The van der Waals surface area contributed by atoms with Gasteiger partial charge < -0.3 is 4.90 Å². The number of rotatable bonds is 7. The Kier molecular flexibility index (Phi) is 5.45. The maximum absolute atomic E-state index is 13.0. The van der Waals surface area contributed by atoms with Gasteiger partial charge in [0.25, 0.3) is 0 Å². The first kappa shape index (κ1) is 16.4. The molecule has 1 unspecified atom stereocenters. The van der Waals surface area contributed by atoms with Crippen LogP contribution in [-0.2, 0) is 10.2 Å². The molecule has 1 atom stereocenters. The lowest BCUT2D eigenvalue weighted by Gasteiger charge is -2.33. The highest BCUT2D eigenvalue weighted by Gasteiger charge is 2.41. The maximum Gasteiger partial charge on any atom is 0.149 e. The van der Waals surface area contributed by atoms with Crippen LogP contribution in [0.5, 0.6) is 0 Å². The van der Waals surface area contributed by atoms with Gasteiger partial charge in [0.2, 0.25) is 0 Å². The Balaban J connectivity index is 2.61. The summed E-state index contributed by atoms with van der Waals surface area (Å²) in [6.07, 6.45) is 3.00. The van der Waals surface area contributed by atoms with Gasteiger partial charge in [-0.25, -0.2) is 0 Å². The molecule has 2 rings (SSSR count). The summed E-state index contributed by atoms with van der Waals surface area (Å²) in [5, 5.41) is 0. The minimum absolute atomic E-state index is 0.222. The molecule has 0 aliphatic heterocycles. The van der Waals surface area contributed by atoms with Gasteiger partial charge in [-0.3, -0.25) is 9.78 Å². The Morgan fingerprint density at radius 3 is 2.32 bits per heavy atom. The van der Waals surface area contributed by atoms with E-state index in [0.717, 1.165) is 24.2 Å². The normalized spacial score (nSPS) is 13.8. The molecule has 3 nitrogen and oxygen atoms in total. The Morgan fingerprint density at radius 2 is 1.77 bits per heavy atom. The summed E-state index contributed by atoms with van der Waals surface area (Å²) in [6, 6.07) is 15.9. The predicted molar refractivity (Wildman–Crippen MR) is 89.9 cm³/mol. The maximum atomic E-state index is 13.0. The van der Waals surface area contributed by atoms with E-state index in [1.807, 2.05) is 69.6 Å². The highest BCUT2D eigenvalue weighted by molar-refractivity contribution is 5.93. The summed E-state index contributed by atoms with van der Waals surface area (Å²) in [4.78, 5) is 19.6. The van der Waals surface area contributed by atoms with Crippen molar-refractivity contribution in [3.8, 4) is 0 Å². The van der Waals surface area contributed by atoms with E-state index in [9.17, 15) is 4.79 Å². The second-order valence-corrected chi connectivity index (χ2v) is 5.82. The molecule has 2 aromatic rings. The quantitative estimate of drug-likeness (QED) is 0.786. The smallest absolute Gasteiger partial charge is 0.149 e. The molecule has 0 bridgehead atoms. The Hall–Kier alpha value is -2.00. The van der Waals surface area contributed by atoms with Crippen LogP contribution in [0.3, 0.4) is 0 Å². The fourth-order valence-corrected chi connectivity index (χ4v) is 2.89. The summed E-state index contributed by atoms with van der Waals surface area (Å²) in [7, 11) is 4.06. The fourth-order valence-electron chi connectivity index (χ4n) is 2.89. The first-order valence-corrected chi connectivity index (χ1v) is 7.76. The Labute approximate surface area is 133 Å². The van der Waals surface area contributed by atoms with E-state index in [1.165, 1.54) is 0 Å². The average molecular weight is 296 g/mol. The van der Waals surface area contributed by atoms with Gasteiger partial charge in [-0.2, -0.15) is 0 Å². The highest BCUT2D eigenvalue weighted by atomic mass is 16.1. The lowest BCUT2D eigenvalue weighted by Crippen LogP contribution is -2.40. The summed E-state index contributed by atoms with van der Waals surface area (Å²) < 4.78 is 0. The second-order valence-electron chi connectivity index (χ2n) is 5.82. The molecule has 0 N–H and O–H groups in total. The van der Waals surface area contributed by atoms with E-state index in [2.05, 4.69) is 9.88 Å². The summed E-state index contributed by atoms with van der Waals surface area (Å²) >= 11 is 0. The Morgan fingerprint density at radius 1 is 1.09 bits per heavy atom. The topological polar surface area (TPSA) is 33.2 Å². The third kappa shape index (κ3) is 3.25. The third-order valence-corrected chi connectivity index (χ3v) is 4.10. The van der Waals surface area contributed by atoms with Crippen LogP contribution in [0.2, 0.25) is 0 Å². The molecule has 1 heterocycles. The van der Waals surface area contributed by atoms with Gasteiger partial charge in [0, 0.05) is 12.6 Å². The Bertz CT molecular complexity index is 554. The molecule has 22 heavy (non-hydrogen) atoms. The lowest BCUT2D eigenvalue weighted by atomic mass is 9.70. The van der Waals surface area contributed by atoms with E-state index >= 15 is 0 Å². The molecular formula is C19H24N2O. The second kappa shape index (κ2) is 7.32. The SMILES string of the molecule is CCC(=O)C(CCN(C)C)(c1ccccc1)c1ccccn1. The van der Waals surface area contributed by atoms with Crippen molar-refractivity contribution in [3.63, 3.8) is 0 Å². The van der Waals surface area contributed by atoms with Gasteiger partial charge in [0.1, 0.15) is 5.78 Å². The van der Waals surface area contributed by atoms with E-state index < -0.39 is 5.41 Å². The third-order valence-electron chi connectivity index (χ3n) is 4.10. The lowest BCUT2D eigenvalue weighted by molar-refractivity contribution is -0.123. The van der Waals surface area contributed by atoms with Crippen LogP contribution in [0.25, 0.3) is 0 Å². The van der Waals surface area contributed by atoms with E-state index in [1.54, 1.807) is 6.20 Å². The number of aromatic nitrogens is 1. The van der Waals surface area contributed by atoms with Crippen LogP contribution >= 0.6 is 0 Å². The molecule has 0 aliphatic rings. The van der Waals surface area contributed by atoms with Crippen molar-refractivity contribution in [2.75, 3.05) is 20.6 Å². The first-order chi connectivity index (χ1) is 10.6. The zero-order chi connectivity index (χ0) is 16.0. The fraction of sp³-hybridized carbons (Fsp3) is 0.368. The number of ketones is 1. The van der Waals surface area contributed by atoms with Gasteiger partial charge in [-0.1, -0.05) is 43.3 Å². The number of Topliss-reactive ketones (excluding diaryl/α,β-unsaturated/α-hetero) is 1. The van der Waals surface area contributed by atoms with Gasteiger partial charge in [0.15, 0.2) is 0 Å². The number of carbonyl (C=O) groups is 1. The van der Waals surface area contributed by atoms with E-state index in [0.29, 0.717) is 6.42 Å². The molecule has 0 radical (unpaired) electrons. The zero-order valence-corrected chi connectivity index (χ0v) is 13.6. The van der Waals surface area contributed by atoms with Crippen LogP contribution in [0.15, 0.2) is 54.7 Å². The molecule has 0 fully saturated rings. The minimum Gasteiger partial charge on any atom is -0.309 e. The summed E-state index contributed by atoms with van der Waals surface area (Å²) in [6.45, 7) is 2.76. The van der Waals surface area contributed by atoms with Crippen molar-refractivity contribution in [2.45, 2.75) is 25.2 Å². The van der Waals surface area contributed by atoms with Crippen molar-refractivity contribution in [2.24, 2.45) is 0 Å². The van der Waals surface area contributed by atoms with Gasteiger partial charge in [-0.15, -0.1) is 0 Å². The van der Waals surface area contributed by atoms with Crippen LogP contribution in [0, 0.1) is 0 Å². The highest BCUT2D eigenvalue weighted by Crippen LogP contribution is 2.36. The number of carbonyl (C=O) groups excluding carboxylic acids is 1. The summed E-state index contributed by atoms with van der Waals surface area (Å²) in [5.74, 6) is 0.222. The molecule has 0 spiro atoms. The number of benzene rings is 1.